The molecule has 0 unspecified atom stereocenters. The number of rotatable bonds is 9. The van der Waals surface area contributed by atoms with E-state index in [9.17, 15) is 14.4 Å². The van der Waals surface area contributed by atoms with Crippen LogP contribution in [0.2, 0.25) is 0 Å². The van der Waals surface area contributed by atoms with E-state index < -0.39 is 38.2 Å². The first-order valence-corrected chi connectivity index (χ1v) is 18.9. The Kier molecular flexibility index (Phi) is 14.9. The molecule has 0 radical (unpaired) electrons. The van der Waals surface area contributed by atoms with Gasteiger partial charge in [0.25, 0.3) is 0 Å². The number of aromatic nitrogens is 4. The first kappa shape index (κ1) is 42.7. The van der Waals surface area contributed by atoms with Gasteiger partial charge in [-0.15, -0.1) is 0 Å². The fraction of sp³-hybridized carbons (Fsp3) is 0.325. The number of hydrogen-bond acceptors (Lipinski definition) is 13. The van der Waals surface area contributed by atoms with Crippen LogP contribution in [0.25, 0.3) is 43.6 Å². The van der Waals surface area contributed by atoms with E-state index in [0.29, 0.717) is 36.2 Å². The number of ether oxygens (including phenoxy) is 4. The molecule has 294 valence electrons. The molecule has 0 saturated carbocycles. The summed E-state index contributed by atoms with van der Waals surface area (Å²) >= 11 is -1.62. The third-order valence-electron chi connectivity index (χ3n) is 7.35. The molecule has 56 heavy (non-hydrogen) atoms. The molecule has 0 spiro atoms. The maximum atomic E-state index is 11.7. The molecule has 0 aliphatic carbocycles. The van der Waals surface area contributed by atoms with Gasteiger partial charge >= 0.3 is 34.7 Å². The van der Waals surface area contributed by atoms with Crippen LogP contribution in [-0.2, 0) is 17.1 Å². The van der Waals surface area contributed by atoms with Gasteiger partial charge in [-0.2, -0.15) is 0 Å². The van der Waals surface area contributed by atoms with Gasteiger partial charge in [0.1, 0.15) is 52.6 Å². The first-order chi connectivity index (χ1) is 26.6. The molecular weight excluding hydrogens is 787 g/mol. The van der Waals surface area contributed by atoms with Crippen molar-refractivity contribution in [1.29, 1.82) is 0 Å². The number of alkyl carbamates (subject to hydrolysis) is 2. The molecule has 0 atom stereocenters. The number of aldehydes is 1. The molecular formula is C40H44N6O9Se. The van der Waals surface area contributed by atoms with E-state index in [2.05, 4.69) is 30.6 Å². The Morgan fingerprint density at radius 3 is 1.57 bits per heavy atom. The van der Waals surface area contributed by atoms with E-state index in [1.165, 1.54) is 0 Å². The predicted molar refractivity (Wildman–Crippen MR) is 211 cm³/mol. The van der Waals surface area contributed by atoms with Crippen molar-refractivity contribution >= 4 is 76.9 Å². The van der Waals surface area contributed by atoms with E-state index in [-0.39, 0.29) is 18.8 Å². The summed E-state index contributed by atoms with van der Waals surface area (Å²) in [6.45, 7) is 14.0. The summed E-state index contributed by atoms with van der Waals surface area (Å²) in [6.07, 6.45) is 3.16. The van der Waals surface area contributed by atoms with Gasteiger partial charge in [-0.05, 0) is 72.7 Å². The Balaban J connectivity index is 0.000000233. The van der Waals surface area contributed by atoms with Crippen LogP contribution in [0, 0.1) is 6.92 Å². The van der Waals surface area contributed by atoms with Crippen LogP contribution in [0.5, 0.6) is 11.5 Å². The van der Waals surface area contributed by atoms with Crippen molar-refractivity contribution in [3.05, 3.63) is 84.4 Å². The van der Waals surface area contributed by atoms with Crippen molar-refractivity contribution in [3.8, 4) is 11.5 Å². The standard InChI is InChI=1S/C20H21N3O4.C20H23N3O3.O2Se/c1-20(2,3)27-19(25)22-9-10-26-16-11-14(12-24)23-18-15(16)7-6-13-5-4-8-21-17(13)18;1-13-12-16(25-11-10-22-19(24)26-20(2,3)4)15-8-7-14-6-5-9-21-17(14)18(15)23-13;1-3-2/h4-8,11-12H,9-10H2,1-3H3,(H,22,25);5-9,12H,10-11H2,1-4H3,(H,22,24);. The molecule has 15 nitrogen and oxygen atoms in total. The summed E-state index contributed by atoms with van der Waals surface area (Å²) in [6, 6.07) is 19.0. The van der Waals surface area contributed by atoms with Crippen LogP contribution in [0.3, 0.4) is 0 Å². The Labute approximate surface area is 329 Å². The van der Waals surface area contributed by atoms with Gasteiger partial charge < -0.3 is 29.6 Å². The van der Waals surface area contributed by atoms with Crippen LogP contribution >= 0.6 is 0 Å². The predicted octanol–water partition coefficient (Wildman–Crippen LogP) is 6.88. The van der Waals surface area contributed by atoms with Gasteiger partial charge in [0.15, 0.2) is 6.29 Å². The molecule has 4 aromatic heterocycles. The Bertz CT molecular complexity index is 2370. The molecule has 0 bridgehead atoms. The molecule has 2 amide bonds. The number of nitrogens with zero attached hydrogens (tertiary/aromatic N) is 4. The normalized spacial score (nSPS) is 11.1. The molecule has 0 saturated heterocycles. The molecule has 4 heterocycles. The number of carbonyl (C=O) groups excluding carboxylic acids is 3. The average Bonchev–Trinajstić information content (AvgIpc) is 3.14. The fourth-order valence-corrected chi connectivity index (χ4v) is 5.29. The number of nitrogens with one attached hydrogen (secondary N) is 2. The van der Waals surface area contributed by atoms with Crippen LogP contribution < -0.4 is 20.1 Å². The molecule has 0 aliphatic rings. The summed E-state index contributed by atoms with van der Waals surface area (Å²) in [4.78, 5) is 52.5. The van der Waals surface area contributed by atoms with Crippen LogP contribution in [0.15, 0.2) is 73.1 Å². The molecule has 6 rings (SSSR count). The Hall–Kier alpha value is -5.99. The maximum absolute atomic E-state index is 11.7. The second kappa shape index (κ2) is 19.6. The number of hydrogen-bond donors (Lipinski definition) is 2. The fourth-order valence-electron chi connectivity index (χ4n) is 5.29. The van der Waals surface area contributed by atoms with Crippen molar-refractivity contribution in [2.45, 2.75) is 59.7 Å². The first-order valence-electron chi connectivity index (χ1n) is 17.5. The van der Waals surface area contributed by atoms with Crippen molar-refractivity contribution in [3.63, 3.8) is 0 Å². The molecule has 0 fully saturated rings. The summed E-state index contributed by atoms with van der Waals surface area (Å²) in [5.74, 6) is 1.24. The molecule has 2 N–H and O–H groups in total. The van der Waals surface area contributed by atoms with Crippen molar-refractivity contribution in [2.24, 2.45) is 0 Å². The van der Waals surface area contributed by atoms with Gasteiger partial charge in [0, 0.05) is 51.8 Å². The van der Waals surface area contributed by atoms with E-state index in [4.69, 9.17) is 26.6 Å². The Morgan fingerprint density at radius 2 is 1.12 bits per heavy atom. The van der Waals surface area contributed by atoms with Crippen molar-refractivity contribution < 1.29 is 41.0 Å². The van der Waals surface area contributed by atoms with Gasteiger partial charge in [-0.1, -0.05) is 24.3 Å². The van der Waals surface area contributed by atoms with Crippen LogP contribution in [0.1, 0.15) is 57.7 Å². The molecule has 0 aliphatic heterocycles. The SMILES string of the molecule is CC(C)(C)OC(=O)NCCOc1cc(C=O)nc2c1ccc1cccnc12.Cc1cc(OCCNC(=O)OC(C)(C)C)c2ccc3cccnc3c2n1.O=[Se]=O. The van der Waals surface area contributed by atoms with Gasteiger partial charge in [-0.3, -0.25) is 19.7 Å². The minimum absolute atomic E-state index is 0.219. The minimum atomic E-state index is -1.62. The van der Waals surface area contributed by atoms with Gasteiger partial charge in [0.2, 0.25) is 0 Å². The Morgan fingerprint density at radius 1 is 0.679 bits per heavy atom. The topological polar surface area (TPSA) is 198 Å². The second-order valence-corrected chi connectivity index (χ2v) is 14.4. The summed E-state index contributed by atoms with van der Waals surface area (Å²) in [7, 11) is 0. The second-order valence-electron chi connectivity index (χ2n) is 14.1. The summed E-state index contributed by atoms with van der Waals surface area (Å²) in [5, 5.41) is 8.94. The number of benzene rings is 2. The zero-order chi connectivity index (χ0) is 40.9. The van der Waals surface area contributed by atoms with Crippen LogP contribution in [-0.4, -0.2) is 90.7 Å². The third-order valence-corrected chi connectivity index (χ3v) is 7.35. The van der Waals surface area contributed by atoms with Crippen molar-refractivity contribution in [2.75, 3.05) is 26.3 Å². The zero-order valence-electron chi connectivity index (χ0n) is 32.2. The number of aryl methyl sites for hydroxylation is 1. The summed E-state index contributed by atoms with van der Waals surface area (Å²) < 4.78 is 38.9. The molecule has 16 heteroatoms. The average molecular weight is 832 g/mol. The number of carbonyl (C=O) groups is 3. The zero-order valence-corrected chi connectivity index (χ0v) is 33.9. The van der Waals surface area contributed by atoms with Gasteiger partial charge in [-0.25, -0.2) is 14.6 Å². The van der Waals surface area contributed by atoms with E-state index in [1.54, 1.807) is 39.2 Å². The van der Waals surface area contributed by atoms with E-state index >= 15 is 0 Å². The van der Waals surface area contributed by atoms with Gasteiger partial charge in [0.05, 0.1) is 24.1 Å². The molecule has 2 aromatic carbocycles. The summed E-state index contributed by atoms with van der Waals surface area (Å²) in [5.41, 5.74) is 3.02. The number of pyridine rings is 4. The van der Waals surface area contributed by atoms with Crippen LogP contribution in [0.4, 0.5) is 9.59 Å². The number of fused-ring (bicyclic) bond motifs is 6. The van der Waals surface area contributed by atoms with E-state index in [1.807, 2.05) is 82.3 Å². The third kappa shape index (κ3) is 12.5. The molecule has 6 aromatic rings. The quantitative estimate of drug-likeness (QED) is 0.0663. The van der Waals surface area contributed by atoms with Crippen molar-refractivity contribution in [1.82, 2.24) is 30.6 Å². The van der Waals surface area contributed by atoms with E-state index in [0.717, 1.165) is 44.0 Å². The monoisotopic (exact) mass is 832 g/mol. The number of amides is 2.